The van der Waals surface area contributed by atoms with Gasteiger partial charge in [0.15, 0.2) is 0 Å². The minimum atomic E-state index is -0.701. The third-order valence-corrected chi connectivity index (χ3v) is 4.76. The Hall–Kier alpha value is -0.210. The van der Waals surface area contributed by atoms with Crippen LogP contribution >= 0.6 is 23.2 Å². The zero-order valence-corrected chi connectivity index (χ0v) is 15.5. The minimum Gasteiger partial charge on any atom is -0.481 e. The number of carboxylic acids is 1. The molecule has 0 saturated heterocycles. The van der Waals surface area contributed by atoms with Crippen LogP contribution < -0.4 is 0 Å². The topological polar surface area (TPSA) is 37.3 Å². The molecule has 0 heterocycles. The van der Waals surface area contributed by atoms with Gasteiger partial charge in [-0.2, -0.15) is 0 Å². The predicted molar refractivity (Wildman–Crippen MR) is 96.7 cm³/mol. The van der Waals surface area contributed by atoms with Gasteiger partial charge in [0.25, 0.3) is 0 Å². The standard InChI is InChI=1S/C18H32Cl2O2/c1-2-3-4-5-7-10-13-16(19)17(20)14-11-8-6-9-12-15-18(21)22/h2-15H2,1H3,(H,21,22)/b17-16-. The van der Waals surface area contributed by atoms with Crippen molar-refractivity contribution in [2.75, 3.05) is 0 Å². The molecule has 0 rings (SSSR count). The number of allylic oxidation sites excluding steroid dienone is 2. The van der Waals surface area contributed by atoms with E-state index in [-0.39, 0.29) is 6.42 Å². The van der Waals surface area contributed by atoms with Gasteiger partial charge in [-0.05, 0) is 32.1 Å². The van der Waals surface area contributed by atoms with Crippen molar-refractivity contribution in [1.29, 1.82) is 0 Å². The Balaban J connectivity index is 3.53. The number of carbonyl (C=O) groups is 1. The highest BCUT2D eigenvalue weighted by molar-refractivity contribution is 6.39. The predicted octanol–water partition coefficient (Wildman–Crippen LogP) is 7.24. The van der Waals surface area contributed by atoms with E-state index in [1.54, 1.807) is 0 Å². The second-order valence-corrected chi connectivity index (χ2v) is 6.90. The van der Waals surface area contributed by atoms with E-state index in [2.05, 4.69) is 6.92 Å². The van der Waals surface area contributed by atoms with Crippen molar-refractivity contribution < 1.29 is 9.90 Å². The van der Waals surface area contributed by atoms with E-state index in [9.17, 15) is 4.79 Å². The molecule has 22 heavy (non-hydrogen) atoms. The molecule has 0 saturated carbocycles. The molecular formula is C18H32Cl2O2. The summed E-state index contributed by atoms with van der Waals surface area (Å²) in [6, 6.07) is 0. The lowest BCUT2D eigenvalue weighted by atomic mass is 10.1. The monoisotopic (exact) mass is 350 g/mol. The summed E-state index contributed by atoms with van der Waals surface area (Å²) in [6.07, 6.45) is 14.6. The molecular weight excluding hydrogens is 319 g/mol. The Labute approximate surface area is 146 Å². The van der Waals surface area contributed by atoms with E-state index in [1.165, 1.54) is 32.1 Å². The largest absolute Gasteiger partial charge is 0.481 e. The first-order valence-electron chi connectivity index (χ1n) is 8.82. The molecule has 0 aliphatic heterocycles. The number of aliphatic carboxylic acids is 1. The summed E-state index contributed by atoms with van der Waals surface area (Å²) in [7, 11) is 0. The maximum atomic E-state index is 10.4. The van der Waals surface area contributed by atoms with Crippen LogP contribution in [0, 0.1) is 0 Å². The van der Waals surface area contributed by atoms with E-state index < -0.39 is 5.97 Å². The first-order valence-corrected chi connectivity index (χ1v) is 9.58. The van der Waals surface area contributed by atoms with E-state index >= 15 is 0 Å². The summed E-state index contributed by atoms with van der Waals surface area (Å²) in [5.74, 6) is -0.701. The van der Waals surface area contributed by atoms with Crippen molar-refractivity contribution in [1.82, 2.24) is 0 Å². The summed E-state index contributed by atoms with van der Waals surface area (Å²) in [4.78, 5) is 10.4. The van der Waals surface area contributed by atoms with E-state index in [0.717, 1.165) is 61.4 Å². The van der Waals surface area contributed by atoms with Crippen molar-refractivity contribution in [2.45, 2.75) is 96.8 Å². The summed E-state index contributed by atoms with van der Waals surface area (Å²) in [5, 5.41) is 10.2. The molecule has 130 valence electrons. The van der Waals surface area contributed by atoms with Gasteiger partial charge in [-0.3, -0.25) is 4.79 Å². The third kappa shape index (κ3) is 14.7. The number of carboxylic acid groups (broad SMARTS) is 1. The summed E-state index contributed by atoms with van der Waals surface area (Å²) in [6.45, 7) is 2.23. The molecule has 0 aromatic carbocycles. The molecule has 0 fully saturated rings. The van der Waals surface area contributed by atoms with Gasteiger partial charge in [0.05, 0.1) is 0 Å². The van der Waals surface area contributed by atoms with Gasteiger partial charge in [-0.25, -0.2) is 0 Å². The maximum Gasteiger partial charge on any atom is 0.303 e. The van der Waals surface area contributed by atoms with Crippen LogP contribution in [-0.2, 0) is 4.79 Å². The van der Waals surface area contributed by atoms with E-state index in [4.69, 9.17) is 28.3 Å². The Morgan fingerprint density at radius 2 is 1.05 bits per heavy atom. The van der Waals surface area contributed by atoms with Crippen LogP contribution in [0.5, 0.6) is 0 Å². The highest BCUT2D eigenvalue weighted by Crippen LogP contribution is 2.25. The number of hydrogen-bond acceptors (Lipinski definition) is 1. The molecule has 0 radical (unpaired) electrons. The van der Waals surface area contributed by atoms with Crippen molar-refractivity contribution in [3.05, 3.63) is 10.1 Å². The highest BCUT2D eigenvalue weighted by atomic mass is 35.5. The number of unbranched alkanes of at least 4 members (excludes halogenated alkanes) is 9. The van der Waals surface area contributed by atoms with Gasteiger partial charge < -0.3 is 5.11 Å². The van der Waals surface area contributed by atoms with Crippen LogP contribution in [0.2, 0.25) is 0 Å². The van der Waals surface area contributed by atoms with Gasteiger partial charge in [0, 0.05) is 16.5 Å². The van der Waals surface area contributed by atoms with Gasteiger partial charge in [-0.15, -0.1) is 0 Å². The van der Waals surface area contributed by atoms with Crippen LogP contribution in [0.15, 0.2) is 10.1 Å². The maximum absolute atomic E-state index is 10.4. The first-order chi connectivity index (χ1) is 10.6. The molecule has 0 bridgehead atoms. The fourth-order valence-electron chi connectivity index (χ4n) is 2.42. The first kappa shape index (κ1) is 21.8. The molecule has 0 aromatic heterocycles. The van der Waals surface area contributed by atoms with Crippen molar-refractivity contribution >= 4 is 29.2 Å². The number of rotatable bonds is 15. The smallest absolute Gasteiger partial charge is 0.303 e. The molecule has 1 N–H and O–H groups in total. The van der Waals surface area contributed by atoms with Gasteiger partial charge in [0.1, 0.15) is 0 Å². The molecule has 0 aromatic rings. The average Bonchev–Trinajstić information content (AvgIpc) is 2.49. The molecule has 0 amide bonds. The fraction of sp³-hybridized carbons (Fsp3) is 0.833. The van der Waals surface area contributed by atoms with Crippen LogP contribution in [0.1, 0.15) is 96.8 Å². The molecule has 2 nitrogen and oxygen atoms in total. The van der Waals surface area contributed by atoms with E-state index in [0.29, 0.717) is 0 Å². The van der Waals surface area contributed by atoms with Gasteiger partial charge in [0.2, 0.25) is 0 Å². The third-order valence-electron chi connectivity index (χ3n) is 3.83. The molecule has 0 aliphatic rings. The van der Waals surface area contributed by atoms with E-state index in [1.807, 2.05) is 0 Å². The zero-order chi connectivity index (χ0) is 16.6. The molecule has 0 atom stereocenters. The number of hydrogen-bond donors (Lipinski definition) is 1. The Morgan fingerprint density at radius 3 is 1.45 bits per heavy atom. The average molecular weight is 351 g/mol. The van der Waals surface area contributed by atoms with Crippen molar-refractivity contribution in [3.8, 4) is 0 Å². The second kappa shape index (κ2) is 15.7. The van der Waals surface area contributed by atoms with Gasteiger partial charge >= 0.3 is 5.97 Å². The van der Waals surface area contributed by atoms with Crippen LogP contribution in [0.3, 0.4) is 0 Å². The molecule has 0 unspecified atom stereocenters. The lowest BCUT2D eigenvalue weighted by Gasteiger charge is -2.05. The molecule has 0 aliphatic carbocycles. The van der Waals surface area contributed by atoms with Crippen LogP contribution in [0.4, 0.5) is 0 Å². The molecule has 4 heteroatoms. The van der Waals surface area contributed by atoms with Crippen LogP contribution in [-0.4, -0.2) is 11.1 Å². The van der Waals surface area contributed by atoms with Crippen molar-refractivity contribution in [2.24, 2.45) is 0 Å². The Morgan fingerprint density at radius 1 is 0.682 bits per heavy atom. The summed E-state index contributed by atoms with van der Waals surface area (Å²) >= 11 is 12.5. The lowest BCUT2D eigenvalue weighted by Crippen LogP contribution is -1.93. The SMILES string of the molecule is CCCCCCCC/C(Cl)=C(/Cl)CCCCCCCC(=O)O. The number of halogens is 2. The van der Waals surface area contributed by atoms with Gasteiger partial charge in [-0.1, -0.05) is 81.5 Å². The zero-order valence-electron chi connectivity index (χ0n) is 14.0. The summed E-state index contributed by atoms with van der Waals surface area (Å²) in [5.41, 5.74) is 0. The lowest BCUT2D eigenvalue weighted by molar-refractivity contribution is -0.137. The second-order valence-electron chi connectivity index (χ2n) is 5.99. The van der Waals surface area contributed by atoms with Crippen molar-refractivity contribution in [3.63, 3.8) is 0 Å². The normalized spacial score (nSPS) is 12.3. The minimum absolute atomic E-state index is 0.282. The fourth-order valence-corrected chi connectivity index (χ4v) is 2.87. The Bertz CT molecular complexity index is 314. The highest BCUT2D eigenvalue weighted by Gasteiger charge is 2.03. The summed E-state index contributed by atoms with van der Waals surface area (Å²) < 4.78 is 0. The van der Waals surface area contributed by atoms with Crippen LogP contribution in [0.25, 0.3) is 0 Å². The quantitative estimate of drug-likeness (QED) is 0.316. The molecule has 0 spiro atoms. The Kier molecular flexibility index (Phi) is 15.5.